The maximum atomic E-state index is 11.4. The molecule has 1 unspecified atom stereocenters. The Kier molecular flexibility index (Phi) is 5.19. The van der Waals surface area contributed by atoms with Crippen molar-refractivity contribution in [2.45, 2.75) is 38.5 Å². The quantitative estimate of drug-likeness (QED) is 0.860. The number of amides is 1. The summed E-state index contributed by atoms with van der Waals surface area (Å²) in [5, 5.41) is 2.99. The summed E-state index contributed by atoms with van der Waals surface area (Å²) in [5.74, 6) is 1.57. The lowest BCUT2D eigenvalue weighted by atomic mass is 9.94. The highest BCUT2D eigenvalue weighted by Gasteiger charge is 2.24. The van der Waals surface area contributed by atoms with Gasteiger partial charge < -0.3 is 10.1 Å². The van der Waals surface area contributed by atoms with E-state index in [0.29, 0.717) is 12.3 Å². The molecule has 3 heteroatoms. The molecule has 126 valence electrons. The summed E-state index contributed by atoms with van der Waals surface area (Å²) >= 11 is 0. The van der Waals surface area contributed by atoms with Crippen molar-refractivity contribution in [1.29, 1.82) is 0 Å². The summed E-state index contributed by atoms with van der Waals surface area (Å²) in [6.45, 7) is 2.63. The molecule has 1 aliphatic rings. The maximum absolute atomic E-state index is 11.4. The highest BCUT2D eigenvalue weighted by atomic mass is 16.5. The zero-order chi connectivity index (χ0) is 16.9. The molecule has 0 heterocycles. The van der Waals surface area contributed by atoms with E-state index in [1.165, 1.54) is 16.7 Å². The molecule has 2 aromatic carbocycles. The van der Waals surface area contributed by atoms with Gasteiger partial charge in [0.1, 0.15) is 5.75 Å². The average molecular weight is 323 g/mol. The van der Waals surface area contributed by atoms with E-state index in [2.05, 4.69) is 41.7 Å². The molecule has 0 aliphatic heterocycles. The molecule has 2 aromatic rings. The first kappa shape index (κ1) is 16.6. The highest BCUT2D eigenvalue weighted by Crippen LogP contribution is 2.42. The zero-order valence-electron chi connectivity index (χ0n) is 14.5. The summed E-state index contributed by atoms with van der Waals surface area (Å²) in [6, 6.07) is 14.9. The molecule has 0 saturated heterocycles. The Morgan fingerprint density at radius 2 is 2.04 bits per heavy atom. The van der Waals surface area contributed by atoms with Gasteiger partial charge in [0.05, 0.1) is 7.11 Å². The lowest BCUT2D eigenvalue weighted by Crippen LogP contribution is -2.24. The minimum atomic E-state index is 0.130. The molecule has 0 radical (unpaired) electrons. The molecule has 0 bridgehead atoms. The summed E-state index contributed by atoms with van der Waals surface area (Å²) in [4.78, 5) is 11.4. The van der Waals surface area contributed by atoms with Crippen molar-refractivity contribution >= 4 is 5.91 Å². The van der Waals surface area contributed by atoms with Gasteiger partial charge in [-0.2, -0.15) is 0 Å². The molecule has 1 atom stereocenters. The number of fused-ring (bicyclic) bond motifs is 1. The van der Waals surface area contributed by atoms with E-state index in [4.69, 9.17) is 4.74 Å². The fourth-order valence-electron chi connectivity index (χ4n) is 3.55. The van der Waals surface area contributed by atoms with Crippen molar-refractivity contribution in [3.05, 3.63) is 53.6 Å². The fourth-order valence-corrected chi connectivity index (χ4v) is 3.55. The zero-order valence-corrected chi connectivity index (χ0v) is 14.5. The van der Waals surface area contributed by atoms with Crippen molar-refractivity contribution in [1.82, 2.24) is 5.32 Å². The van der Waals surface area contributed by atoms with Crippen molar-refractivity contribution in [2.24, 2.45) is 0 Å². The van der Waals surface area contributed by atoms with Crippen molar-refractivity contribution < 1.29 is 9.53 Å². The molecule has 0 spiro atoms. The van der Waals surface area contributed by atoms with Gasteiger partial charge in [-0.25, -0.2) is 0 Å². The third kappa shape index (κ3) is 3.45. The lowest BCUT2D eigenvalue weighted by molar-refractivity contribution is -0.120. The van der Waals surface area contributed by atoms with E-state index in [1.807, 2.05) is 13.0 Å². The Hall–Kier alpha value is -2.29. The first-order valence-corrected chi connectivity index (χ1v) is 8.75. The lowest BCUT2D eigenvalue weighted by Gasteiger charge is -2.16. The Morgan fingerprint density at radius 1 is 1.25 bits per heavy atom. The van der Waals surface area contributed by atoms with Crippen LogP contribution >= 0.6 is 0 Å². The van der Waals surface area contributed by atoms with Crippen LogP contribution in [0.4, 0.5) is 0 Å². The fraction of sp³-hybridized carbons (Fsp3) is 0.381. The predicted molar refractivity (Wildman–Crippen MR) is 97.4 cm³/mol. The largest absolute Gasteiger partial charge is 0.496 e. The molecule has 0 fully saturated rings. The molecular formula is C21H25NO2. The van der Waals surface area contributed by atoms with Gasteiger partial charge in [-0.15, -0.1) is 0 Å². The third-order valence-corrected chi connectivity index (χ3v) is 4.88. The molecule has 0 aromatic heterocycles. The van der Waals surface area contributed by atoms with Crippen LogP contribution in [0.2, 0.25) is 0 Å². The van der Waals surface area contributed by atoms with Crippen LogP contribution in [-0.2, 0) is 11.2 Å². The first-order valence-electron chi connectivity index (χ1n) is 8.75. The normalized spacial score (nSPS) is 15.8. The number of rotatable bonds is 6. The number of aryl methyl sites for hydroxylation is 1. The third-order valence-electron chi connectivity index (χ3n) is 4.88. The average Bonchev–Trinajstić information content (AvgIpc) is 3.03. The minimum absolute atomic E-state index is 0.130. The summed E-state index contributed by atoms with van der Waals surface area (Å²) in [5.41, 5.74) is 5.16. The Bertz CT molecular complexity index is 709. The van der Waals surface area contributed by atoms with Crippen molar-refractivity contribution in [2.75, 3.05) is 13.7 Å². The standard InChI is InChI=1S/C21H25NO2/c1-3-21(23)22-12-11-16-9-10-17-13-19(15-7-5-4-6-8-15)20(24-2)14-18(16)17/h4-8,13-14,16H,3,9-12H2,1-2H3,(H,22,23). The number of carbonyl (C=O) groups excluding carboxylic acids is 1. The molecule has 0 saturated carbocycles. The highest BCUT2D eigenvalue weighted by molar-refractivity contribution is 5.75. The number of benzene rings is 2. The molecule has 1 aliphatic carbocycles. The Morgan fingerprint density at radius 3 is 2.75 bits per heavy atom. The number of carbonyl (C=O) groups is 1. The first-order chi connectivity index (χ1) is 11.7. The van der Waals surface area contributed by atoms with Crippen molar-refractivity contribution in [3.8, 4) is 16.9 Å². The molecule has 24 heavy (non-hydrogen) atoms. The molecule has 3 nitrogen and oxygen atoms in total. The van der Waals surface area contributed by atoms with Crippen LogP contribution in [0.25, 0.3) is 11.1 Å². The van der Waals surface area contributed by atoms with Crippen LogP contribution in [0.1, 0.15) is 43.2 Å². The predicted octanol–water partition coefficient (Wildman–Crippen LogP) is 4.31. The van der Waals surface area contributed by atoms with Crippen molar-refractivity contribution in [3.63, 3.8) is 0 Å². The van der Waals surface area contributed by atoms with Gasteiger partial charge in [0.15, 0.2) is 0 Å². The van der Waals surface area contributed by atoms with Crippen LogP contribution < -0.4 is 10.1 Å². The van der Waals surface area contributed by atoms with Gasteiger partial charge in [0, 0.05) is 18.5 Å². The Balaban J connectivity index is 1.81. The SMILES string of the molecule is CCC(=O)NCCC1CCc2cc(-c3ccccc3)c(OC)cc21. The monoisotopic (exact) mass is 323 g/mol. The number of ether oxygens (including phenoxy) is 1. The number of methoxy groups -OCH3 is 1. The van der Waals surface area contributed by atoms with E-state index in [0.717, 1.165) is 37.1 Å². The van der Waals surface area contributed by atoms with Crippen LogP contribution in [0, 0.1) is 0 Å². The van der Waals surface area contributed by atoms with E-state index in [1.54, 1.807) is 7.11 Å². The molecule has 3 rings (SSSR count). The second-order valence-electron chi connectivity index (χ2n) is 6.35. The number of nitrogens with one attached hydrogen (secondary N) is 1. The van der Waals surface area contributed by atoms with Gasteiger partial charge in [-0.3, -0.25) is 4.79 Å². The summed E-state index contributed by atoms with van der Waals surface area (Å²) in [6.07, 6.45) is 3.80. The minimum Gasteiger partial charge on any atom is -0.496 e. The maximum Gasteiger partial charge on any atom is 0.219 e. The van der Waals surface area contributed by atoms with Gasteiger partial charge >= 0.3 is 0 Å². The number of hydrogen-bond acceptors (Lipinski definition) is 2. The van der Waals surface area contributed by atoms with Gasteiger partial charge in [0.2, 0.25) is 5.91 Å². The van der Waals surface area contributed by atoms with Gasteiger partial charge in [-0.05, 0) is 54.0 Å². The molecule has 1 N–H and O–H groups in total. The second kappa shape index (κ2) is 7.52. The molecular weight excluding hydrogens is 298 g/mol. The van der Waals surface area contributed by atoms with E-state index in [-0.39, 0.29) is 5.91 Å². The van der Waals surface area contributed by atoms with E-state index in [9.17, 15) is 4.79 Å². The summed E-state index contributed by atoms with van der Waals surface area (Å²) in [7, 11) is 1.74. The van der Waals surface area contributed by atoms with Crippen LogP contribution in [0.15, 0.2) is 42.5 Å². The van der Waals surface area contributed by atoms with Gasteiger partial charge in [-0.1, -0.05) is 37.3 Å². The summed E-state index contributed by atoms with van der Waals surface area (Å²) < 4.78 is 5.66. The Labute approximate surface area is 144 Å². The van der Waals surface area contributed by atoms with Crippen LogP contribution in [0.5, 0.6) is 5.75 Å². The van der Waals surface area contributed by atoms with Gasteiger partial charge in [0.25, 0.3) is 0 Å². The van der Waals surface area contributed by atoms with Crippen LogP contribution in [-0.4, -0.2) is 19.6 Å². The second-order valence-corrected chi connectivity index (χ2v) is 6.35. The topological polar surface area (TPSA) is 38.3 Å². The van der Waals surface area contributed by atoms with E-state index >= 15 is 0 Å². The van der Waals surface area contributed by atoms with Crippen LogP contribution in [0.3, 0.4) is 0 Å². The van der Waals surface area contributed by atoms with E-state index < -0.39 is 0 Å². The smallest absolute Gasteiger partial charge is 0.219 e. The molecule has 1 amide bonds. The number of hydrogen-bond donors (Lipinski definition) is 1.